The second-order valence-electron chi connectivity index (χ2n) is 1.14. The minimum Gasteiger partial charge on any atom is -0.305 e. The first-order valence-electron chi connectivity index (χ1n) is 1.54. The molecule has 0 amide bonds. The van der Waals surface area contributed by atoms with Crippen LogP contribution in [0, 0.1) is 0 Å². The van der Waals surface area contributed by atoms with Crippen molar-refractivity contribution in [1.82, 2.24) is 0 Å². The monoisotopic (exact) mass is 138 g/mol. The van der Waals surface area contributed by atoms with Crippen molar-refractivity contribution in [2.75, 3.05) is 0 Å². The van der Waals surface area contributed by atoms with E-state index in [0.29, 0.717) is 6.10 Å². The Kier molecular flexibility index (Phi) is 2.90. The lowest BCUT2D eigenvalue weighted by Gasteiger charge is -1.91. The van der Waals surface area contributed by atoms with Crippen LogP contribution >= 0.6 is 16.3 Å². The molecule has 0 unspecified atom stereocenters. The zero-order valence-corrected chi connectivity index (χ0v) is 4.95. The molecule has 0 heterocycles. The Morgan fingerprint density at radius 2 is 1.80 bits per heavy atom. The zero-order valence-electron chi connectivity index (χ0n) is 3.36. The van der Waals surface area contributed by atoms with Gasteiger partial charge in [0.15, 0.2) is 0 Å². The first-order chi connectivity index (χ1) is 2.27. The molecular weight excluding hydrogens is 132 g/mol. The fourth-order valence-electron chi connectivity index (χ4n) is 0. The van der Waals surface area contributed by atoms with E-state index in [-0.39, 0.29) is 0 Å². The van der Waals surface area contributed by atoms with E-state index >= 15 is 0 Å². The minimum absolute atomic E-state index is 0.301. The molecule has 0 fully saturated rings. The molecule has 0 aliphatic carbocycles. The maximum absolute atomic E-state index is 4.56. The number of halogens is 1. The molecule has 2 heteroatoms. The molecule has 0 saturated carbocycles. The van der Waals surface area contributed by atoms with Gasteiger partial charge in [0.1, 0.15) is 0 Å². The van der Waals surface area contributed by atoms with E-state index in [1.54, 1.807) is 0 Å². The maximum atomic E-state index is 4.56. The van der Waals surface area contributed by atoms with Crippen molar-refractivity contribution in [3.05, 3.63) is 0 Å². The molecule has 0 rings (SSSR count). The van der Waals surface area contributed by atoms with Crippen LogP contribution < -0.4 is 0 Å². The van der Waals surface area contributed by atoms with Crippen LogP contribution in [-0.4, -0.2) is 6.10 Å². The molecular formula is C3H7BrO. The SMILES string of the molecule is CC(C)OBr. The molecule has 0 radical (unpaired) electrons. The highest BCUT2D eigenvalue weighted by atomic mass is 79.9. The second-order valence-corrected chi connectivity index (χ2v) is 1.51. The van der Waals surface area contributed by atoms with Gasteiger partial charge in [-0.3, -0.25) is 0 Å². The highest BCUT2D eigenvalue weighted by Crippen LogP contribution is 1.91. The Morgan fingerprint density at radius 3 is 1.80 bits per heavy atom. The van der Waals surface area contributed by atoms with Gasteiger partial charge in [-0.1, -0.05) is 0 Å². The first kappa shape index (κ1) is 5.44. The molecule has 0 N–H and O–H groups in total. The fraction of sp³-hybridized carbons (Fsp3) is 1.00. The van der Waals surface area contributed by atoms with Crippen LogP contribution in [0.15, 0.2) is 0 Å². The molecule has 0 aliphatic rings. The van der Waals surface area contributed by atoms with Gasteiger partial charge in [-0.05, 0) is 13.8 Å². The zero-order chi connectivity index (χ0) is 4.28. The Morgan fingerprint density at radius 1 is 1.60 bits per heavy atom. The van der Waals surface area contributed by atoms with E-state index in [4.69, 9.17) is 0 Å². The van der Waals surface area contributed by atoms with Crippen molar-refractivity contribution in [2.24, 2.45) is 0 Å². The van der Waals surface area contributed by atoms with Gasteiger partial charge in [0.05, 0.1) is 22.4 Å². The molecule has 0 saturated heterocycles. The molecule has 1 nitrogen and oxygen atoms in total. The fourth-order valence-corrected chi connectivity index (χ4v) is 0. The summed E-state index contributed by atoms with van der Waals surface area (Å²) in [6.45, 7) is 3.91. The number of hydrogen-bond acceptors (Lipinski definition) is 1. The largest absolute Gasteiger partial charge is 0.305 e. The van der Waals surface area contributed by atoms with Crippen molar-refractivity contribution in [3.63, 3.8) is 0 Å². The van der Waals surface area contributed by atoms with Crippen molar-refractivity contribution in [3.8, 4) is 0 Å². The van der Waals surface area contributed by atoms with E-state index in [2.05, 4.69) is 20.1 Å². The standard InChI is InChI=1S/C3H7BrO/c1-3(2)5-4/h3H,1-2H3. The molecule has 0 aromatic carbocycles. The summed E-state index contributed by atoms with van der Waals surface area (Å²) in [6.07, 6.45) is 0.301. The van der Waals surface area contributed by atoms with E-state index in [9.17, 15) is 0 Å². The smallest absolute Gasteiger partial charge is 0.0990 e. The summed E-state index contributed by atoms with van der Waals surface area (Å²) < 4.78 is 4.56. The Balaban J connectivity index is 2.54. The van der Waals surface area contributed by atoms with Crippen molar-refractivity contribution >= 4 is 16.3 Å². The van der Waals surface area contributed by atoms with Crippen LogP contribution in [0.5, 0.6) is 0 Å². The summed E-state index contributed by atoms with van der Waals surface area (Å²) in [6, 6.07) is 0. The average molecular weight is 139 g/mol. The van der Waals surface area contributed by atoms with Gasteiger partial charge in [-0.15, -0.1) is 0 Å². The van der Waals surface area contributed by atoms with Crippen LogP contribution in [0.25, 0.3) is 0 Å². The number of rotatable bonds is 1. The van der Waals surface area contributed by atoms with Crippen LogP contribution in [0.3, 0.4) is 0 Å². The van der Waals surface area contributed by atoms with Gasteiger partial charge < -0.3 is 3.83 Å². The topological polar surface area (TPSA) is 9.23 Å². The quantitative estimate of drug-likeness (QED) is 0.537. The van der Waals surface area contributed by atoms with Crippen LogP contribution in [-0.2, 0) is 3.83 Å². The Labute approximate surface area is 40.8 Å². The molecule has 0 bridgehead atoms. The van der Waals surface area contributed by atoms with Crippen LogP contribution in [0.2, 0.25) is 0 Å². The molecule has 0 spiro atoms. The number of hydrogen-bond donors (Lipinski definition) is 0. The van der Waals surface area contributed by atoms with E-state index in [1.165, 1.54) is 0 Å². The Bertz CT molecular complexity index is 20.9. The second kappa shape index (κ2) is 2.67. The summed E-state index contributed by atoms with van der Waals surface area (Å²) in [7, 11) is 0. The predicted octanol–water partition coefficient (Wildman–Crippen LogP) is 1.72. The molecule has 0 aliphatic heterocycles. The van der Waals surface area contributed by atoms with Gasteiger partial charge in [-0.25, -0.2) is 0 Å². The Hall–Kier alpha value is 0.440. The predicted molar refractivity (Wildman–Crippen MR) is 25.1 cm³/mol. The normalized spacial score (nSPS) is 9.60. The highest BCUT2D eigenvalue weighted by molar-refractivity contribution is 9.06. The van der Waals surface area contributed by atoms with Gasteiger partial charge >= 0.3 is 0 Å². The molecule has 32 valence electrons. The third-order valence-corrected chi connectivity index (χ3v) is 0.926. The van der Waals surface area contributed by atoms with Crippen LogP contribution in [0.1, 0.15) is 13.8 Å². The first-order valence-corrected chi connectivity index (χ1v) is 2.19. The third kappa shape index (κ3) is 4.44. The van der Waals surface area contributed by atoms with E-state index in [0.717, 1.165) is 0 Å². The van der Waals surface area contributed by atoms with Gasteiger partial charge in [0.25, 0.3) is 0 Å². The summed E-state index contributed by atoms with van der Waals surface area (Å²) in [5.74, 6) is 0. The van der Waals surface area contributed by atoms with Gasteiger partial charge in [-0.2, -0.15) is 0 Å². The summed E-state index contributed by atoms with van der Waals surface area (Å²) in [4.78, 5) is 0. The third-order valence-electron chi connectivity index (χ3n) is 0.178. The van der Waals surface area contributed by atoms with Crippen molar-refractivity contribution in [1.29, 1.82) is 0 Å². The minimum atomic E-state index is 0.301. The molecule has 0 aromatic rings. The molecule has 5 heavy (non-hydrogen) atoms. The van der Waals surface area contributed by atoms with Crippen molar-refractivity contribution < 1.29 is 3.83 Å². The summed E-state index contributed by atoms with van der Waals surface area (Å²) in [5, 5.41) is 0. The lowest BCUT2D eigenvalue weighted by atomic mass is 10.5. The van der Waals surface area contributed by atoms with E-state index in [1.807, 2.05) is 13.8 Å². The maximum Gasteiger partial charge on any atom is 0.0990 e. The van der Waals surface area contributed by atoms with Gasteiger partial charge in [0, 0.05) is 0 Å². The summed E-state index contributed by atoms with van der Waals surface area (Å²) in [5.41, 5.74) is 0. The van der Waals surface area contributed by atoms with Crippen molar-refractivity contribution in [2.45, 2.75) is 20.0 Å². The van der Waals surface area contributed by atoms with Gasteiger partial charge in [0.2, 0.25) is 0 Å². The summed E-state index contributed by atoms with van der Waals surface area (Å²) >= 11 is 2.81. The molecule has 0 atom stereocenters. The van der Waals surface area contributed by atoms with E-state index < -0.39 is 0 Å². The molecule has 0 aromatic heterocycles. The average Bonchev–Trinajstić information content (AvgIpc) is 1.38. The lowest BCUT2D eigenvalue weighted by molar-refractivity contribution is 0.309. The lowest BCUT2D eigenvalue weighted by Crippen LogP contribution is -1.88. The van der Waals surface area contributed by atoms with Crippen LogP contribution in [0.4, 0.5) is 0 Å². The highest BCUT2D eigenvalue weighted by Gasteiger charge is 1.81.